The summed E-state index contributed by atoms with van der Waals surface area (Å²) in [5.41, 5.74) is 4.23. The van der Waals surface area contributed by atoms with Gasteiger partial charge in [0.25, 0.3) is 5.91 Å². The number of aryl methyl sites for hydroxylation is 1. The maximum atomic E-state index is 12.5. The summed E-state index contributed by atoms with van der Waals surface area (Å²) in [7, 11) is 0. The number of ether oxygens (including phenoxy) is 1. The van der Waals surface area contributed by atoms with Crippen molar-refractivity contribution in [1.29, 1.82) is 0 Å². The highest BCUT2D eigenvalue weighted by Crippen LogP contribution is 2.21. The molecule has 0 atom stereocenters. The normalized spacial score (nSPS) is 10.4. The average molecular weight is 348 g/mol. The Kier molecular flexibility index (Phi) is 5.61. The van der Waals surface area contributed by atoms with Crippen LogP contribution in [0.15, 0.2) is 67.0 Å². The van der Waals surface area contributed by atoms with Gasteiger partial charge < -0.3 is 15.2 Å². The first-order chi connectivity index (χ1) is 12.7. The molecule has 5 heteroatoms. The Morgan fingerprint density at radius 2 is 1.88 bits per heavy atom. The quantitative estimate of drug-likeness (QED) is 0.713. The highest BCUT2D eigenvalue weighted by atomic mass is 16.5. The Labute approximate surface area is 152 Å². The molecule has 5 nitrogen and oxygen atoms in total. The van der Waals surface area contributed by atoms with Crippen molar-refractivity contribution in [3.63, 3.8) is 0 Å². The molecule has 0 aliphatic rings. The molecule has 3 rings (SSSR count). The zero-order valence-corrected chi connectivity index (χ0v) is 14.5. The minimum atomic E-state index is -0.226. The first-order valence-corrected chi connectivity index (χ1v) is 8.33. The second-order valence-electron chi connectivity index (χ2n) is 5.88. The fourth-order valence-corrected chi connectivity index (χ4v) is 2.55. The zero-order chi connectivity index (χ0) is 18.4. The Bertz CT molecular complexity index is 892. The lowest BCUT2D eigenvalue weighted by Crippen LogP contribution is -2.12. The van der Waals surface area contributed by atoms with E-state index in [0.29, 0.717) is 17.0 Å². The summed E-state index contributed by atoms with van der Waals surface area (Å²) < 4.78 is 5.30. The van der Waals surface area contributed by atoms with Gasteiger partial charge in [-0.2, -0.15) is 0 Å². The number of rotatable bonds is 6. The summed E-state index contributed by atoms with van der Waals surface area (Å²) in [5, 5.41) is 11.6. The molecule has 0 spiro atoms. The number of hydrogen-bond donors (Lipinski definition) is 2. The second kappa shape index (κ2) is 8.27. The second-order valence-corrected chi connectivity index (χ2v) is 5.88. The Morgan fingerprint density at radius 3 is 2.62 bits per heavy atom. The molecule has 2 N–H and O–H groups in total. The topological polar surface area (TPSA) is 71.5 Å². The van der Waals surface area contributed by atoms with Crippen LogP contribution in [0.5, 0.6) is 5.75 Å². The zero-order valence-electron chi connectivity index (χ0n) is 14.5. The lowest BCUT2D eigenvalue weighted by molar-refractivity contribution is 0.102. The van der Waals surface area contributed by atoms with Crippen molar-refractivity contribution in [2.75, 3.05) is 18.5 Å². The third-order valence-electron chi connectivity index (χ3n) is 3.82. The van der Waals surface area contributed by atoms with Gasteiger partial charge in [-0.3, -0.25) is 9.78 Å². The Morgan fingerprint density at radius 1 is 1.08 bits per heavy atom. The van der Waals surface area contributed by atoms with Gasteiger partial charge in [0, 0.05) is 23.6 Å². The fraction of sp³-hybridized carbons (Fsp3) is 0.143. The molecule has 0 aliphatic heterocycles. The third-order valence-corrected chi connectivity index (χ3v) is 3.82. The van der Waals surface area contributed by atoms with Gasteiger partial charge in [-0.05, 0) is 42.8 Å². The summed E-state index contributed by atoms with van der Waals surface area (Å²) in [6.45, 7) is 2.23. The third kappa shape index (κ3) is 4.46. The van der Waals surface area contributed by atoms with Crippen LogP contribution in [-0.4, -0.2) is 29.2 Å². The molecule has 3 aromatic rings. The number of amides is 1. The van der Waals surface area contributed by atoms with Gasteiger partial charge in [0.05, 0.1) is 12.2 Å². The van der Waals surface area contributed by atoms with Crippen LogP contribution >= 0.6 is 0 Å². The minimum absolute atomic E-state index is 0.0389. The number of pyridine rings is 1. The number of anilines is 1. The largest absolute Gasteiger partial charge is 0.491 e. The number of aliphatic hydroxyl groups excluding tert-OH is 1. The summed E-state index contributed by atoms with van der Waals surface area (Å²) in [5.74, 6) is 0.413. The van der Waals surface area contributed by atoms with E-state index in [0.717, 1.165) is 16.7 Å². The molecule has 0 aliphatic carbocycles. The van der Waals surface area contributed by atoms with Crippen LogP contribution in [0.1, 0.15) is 15.9 Å². The van der Waals surface area contributed by atoms with Gasteiger partial charge >= 0.3 is 0 Å². The smallest absolute Gasteiger partial charge is 0.257 e. The van der Waals surface area contributed by atoms with Crippen LogP contribution in [-0.2, 0) is 0 Å². The molecule has 26 heavy (non-hydrogen) atoms. The van der Waals surface area contributed by atoms with Crippen molar-refractivity contribution >= 4 is 11.6 Å². The highest BCUT2D eigenvalue weighted by molar-refractivity contribution is 6.04. The maximum absolute atomic E-state index is 12.5. The molecule has 132 valence electrons. The van der Waals surface area contributed by atoms with E-state index >= 15 is 0 Å². The molecule has 1 amide bonds. The Hall–Kier alpha value is -3.18. The SMILES string of the molecule is Cc1cccc(-c2cncc(C(=O)Nc3ccc(OCCO)cc3)c2)c1. The van der Waals surface area contributed by atoms with Crippen LogP contribution in [0.25, 0.3) is 11.1 Å². The van der Waals surface area contributed by atoms with Crippen LogP contribution in [0.2, 0.25) is 0 Å². The molecule has 0 saturated carbocycles. The first-order valence-electron chi connectivity index (χ1n) is 8.33. The van der Waals surface area contributed by atoms with Crippen molar-refractivity contribution in [3.05, 3.63) is 78.1 Å². The summed E-state index contributed by atoms with van der Waals surface area (Å²) in [4.78, 5) is 16.7. The van der Waals surface area contributed by atoms with E-state index in [9.17, 15) is 4.79 Å². The molecule has 0 radical (unpaired) electrons. The van der Waals surface area contributed by atoms with Crippen molar-refractivity contribution in [1.82, 2.24) is 4.98 Å². The molecule has 2 aromatic carbocycles. The number of aromatic nitrogens is 1. The highest BCUT2D eigenvalue weighted by Gasteiger charge is 2.09. The van der Waals surface area contributed by atoms with Crippen LogP contribution in [0.4, 0.5) is 5.69 Å². The van der Waals surface area contributed by atoms with E-state index in [4.69, 9.17) is 9.84 Å². The molecular weight excluding hydrogens is 328 g/mol. The number of nitrogens with zero attached hydrogens (tertiary/aromatic N) is 1. The number of hydrogen-bond acceptors (Lipinski definition) is 4. The van der Waals surface area contributed by atoms with Crippen molar-refractivity contribution in [2.24, 2.45) is 0 Å². The van der Waals surface area contributed by atoms with E-state index in [1.165, 1.54) is 0 Å². The standard InChI is InChI=1S/C21H20N2O3/c1-15-3-2-4-16(11-15)17-12-18(14-22-13-17)21(25)23-19-5-7-20(8-6-19)26-10-9-24/h2-8,11-14,24H,9-10H2,1H3,(H,23,25). The summed E-state index contributed by atoms with van der Waals surface area (Å²) >= 11 is 0. The molecule has 1 heterocycles. The predicted octanol–water partition coefficient (Wildman–Crippen LogP) is 3.68. The van der Waals surface area contributed by atoms with E-state index in [-0.39, 0.29) is 19.1 Å². The van der Waals surface area contributed by atoms with E-state index in [2.05, 4.69) is 16.4 Å². The molecule has 1 aromatic heterocycles. The minimum Gasteiger partial charge on any atom is -0.491 e. The number of benzene rings is 2. The molecule has 0 saturated heterocycles. The molecule has 0 bridgehead atoms. The molecular formula is C21H20N2O3. The van der Waals surface area contributed by atoms with Crippen LogP contribution < -0.4 is 10.1 Å². The average Bonchev–Trinajstić information content (AvgIpc) is 2.67. The van der Waals surface area contributed by atoms with E-state index in [1.807, 2.05) is 31.2 Å². The van der Waals surface area contributed by atoms with Gasteiger partial charge in [-0.25, -0.2) is 0 Å². The number of carbonyl (C=O) groups excluding carboxylic acids is 1. The lowest BCUT2D eigenvalue weighted by atomic mass is 10.0. The van der Waals surface area contributed by atoms with Gasteiger partial charge in [0.2, 0.25) is 0 Å². The van der Waals surface area contributed by atoms with Gasteiger partial charge in [-0.1, -0.05) is 29.8 Å². The molecule has 0 unspecified atom stereocenters. The predicted molar refractivity (Wildman–Crippen MR) is 101 cm³/mol. The van der Waals surface area contributed by atoms with Crippen molar-refractivity contribution in [2.45, 2.75) is 6.92 Å². The maximum Gasteiger partial charge on any atom is 0.257 e. The summed E-state index contributed by atoms with van der Waals surface area (Å²) in [6, 6.07) is 16.9. The van der Waals surface area contributed by atoms with Gasteiger partial charge in [-0.15, -0.1) is 0 Å². The molecule has 0 fully saturated rings. The summed E-state index contributed by atoms with van der Waals surface area (Å²) in [6.07, 6.45) is 3.30. The van der Waals surface area contributed by atoms with Crippen LogP contribution in [0, 0.1) is 6.92 Å². The monoisotopic (exact) mass is 348 g/mol. The van der Waals surface area contributed by atoms with Gasteiger partial charge in [0.1, 0.15) is 12.4 Å². The Balaban J connectivity index is 1.73. The van der Waals surface area contributed by atoms with E-state index < -0.39 is 0 Å². The van der Waals surface area contributed by atoms with Crippen molar-refractivity contribution in [3.8, 4) is 16.9 Å². The number of nitrogens with one attached hydrogen (secondary N) is 1. The van der Waals surface area contributed by atoms with Crippen molar-refractivity contribution < 1.29 is 14.6 Å². The van der Waals surface area contributed by atoms with E-state index in [1.54, 1.807) is 36.7 Å². The first kappa shape index (κ1) is 17.6. The lowest BCUT2D eigenvalue weighted by Gasteiger charge is -2.09. The number of aliphatic hydroxyl groups is 1. The van der Waals surface area contributed by atoms with Crippen LogP contribution in [0.3, 0.4) is 0 Å². The number of carbonyl (C=O) groups is 1. The fourth-order valence-electron chi connectivity index (χ4n) is 2.55. The van der Waals surface area contributed by atoms with Gasteiger partial charge in [0.15, 0.2) is 0 Å².